The molecule has 0 fully saturated rings. The summed E-state index contributed by atoms with van der Waals surface area (Å²) in [6.45, 7) is 5.28. The number of anilines is 1. The number of hydrogen-bond donors (Lipinski definition) is 1. The van der Waals surface area contributed by atoms with Crippen LogP contribution >= 0.6 is 11.6 Å². The summed E-state index contributed by atoms with van der Waals surface area (Å²) in [5.41, 5.74) is 2.92. The Labute approximate surface area is 230 Å². The monoisotopic (exact) mass is 555 g/mol. The first-order valence-corrected chi connectivity index (χ1v) is 14.4. The van der Waals surface area contributed by atoms with Crippen molar-refractivity contribution in [3.63, 3.8) is 0 Å². The molecule has 0 aliphatic rings. The van der Waals surface area contributed by atoms with E-state index in [0.29, 0.717) is 23.6 Å². The normalized spacial score (nSPS) is 12.0. The molecule has 0 bridgehead atoms. The van der Waals surface area contributed by atoms with Gasteiger partial charge in [0.05, 0.1) is 10.6 Å². The van der Waals surface area contributed by atoms with Gasteiger partial charge in [-0.05, 0) is 61.2 Å². The lowest BCUT2D eigenvalue weighted by atomic mass is 10.1. The van der Waals surface area contributed by atoms with Crippen molar-refractivity contribution in [1.29, 1.82) is 0 Å². The Morgan fingerprint density at radius 3 is 2.16 bits per heavy atom. The first-order valence-electron chi connectivity index (χ1n) is 12.5. The lowest BCUT2D eigenvalue weighted by Gasteiger charge is -2.33. The fraction of sp³-hybridized carbons (Fsp3) is 0.310. The van der Waals surface area contributed by atoms with E-state index < -0.39 is 28.5 Å². The minimum absolute atomic E-state index is 0.0874. The predicted molar refractivity (Wildman–Crippen MR) is 152 cm³/mol. The zero-order valence-electron chi connectivity index (χ0n) is 22.1. The Morgan fingerprint density at radius 2 is 1.58 bits per heavy atom. The summed E-state index contributed by atoms with van der Waals surface area (Å²) < 4.78 is 29.1. The number of aryl methyl sites for hydroxylation is 2. The summed E-state index contributed by atoms with van der Waals surface area (Å²) in [4.78, 5) is 28.3. The second-order valence-corrected chi connectivity index (χ2v) is 11.3. The third-order valence-corrected chi connectivity index (χ3v) is 8.45. The van der Waals surface area contributed by atoms with Gasteiger partial charge in [-0.25, -0.2) is 8.42 Å². The van der Waals surface area contributed by atoms with E-state index in [1.165, 1.54) is 11.9 Å². The van der Waals surface area contributed by atoms with Gasteiger partial charge in [0, 0.05) is 18.6 Å². The third-order valence-electron chi connectivity index (χ3n) is 6.43. The highest BCUT2D eigenvalue weighted by Gasteiger charge is 2.34. The fourth-order valence-electron chi connectivity index (χ4n) is 4.28. The Hall–Kier alpha value is -3.36. The van der Waals surface area contributed by atoms with Crippen LogP contribution in [0.1, 0.15) is 37.0 Å². The van der Waals surface area contributed by atoms with E-state index in [0.717, 1.165) is 21.0 Å². The summed E-state index contributed by atoms with van der Waals surface area (Å²) in [5, 5.41) is 3.18. The highest BCUT2D eigenvalue weighted by molar-refractivity contribution is 7.92. The molecule has 2 amide bonds. The zero-order chi connectivity index (χ0) is 27.9. The minimum atomic E-state index is -4.10. The number of para-hydroxylation sites is 1. The van der Waals surface area contributed by atoms with Crippen molar-refractivity contribution in [3.8, 4) is 0 Å². The molecule has 3 rings (SSSR count). The summed E-state index contributed by atoms with van der Waals surface area (Å²) in [5.74, 6) is -0.811. The first kappa shape index (κ1) is 29.2. The molecule has 1 atom stereocenters. The number of carbonyl (C=O) groups is 2. The van der Waals surface area contributed by atoms with Crippen molar-refractivity contribution in [2.45, 2.75) is 51.1 Å². The van der Waals surface area contributed by atoms with Crippen LogP contribution in [0.15, 0.2) is 77.7 Å². The van der Waals surface area contributed by atoms with Gasteiger partial charge in [0.1, 0.15) is 12.6 Å². The first-order chi connectivity index (χ1) is 18.1. The lowest BCUT2D eigenvalue weighted by Crippen LogP contribution is -2.51. The molecule has 0 aliphatic heterocycles. The average molecular weight is 556 g/mol. The van der Waals surface area contributed by atoms with Crippen LogP contribution in [0.3, 0.4) is 0 Å². The van der Waals surface area contributed by atoms with Crippen molar-refractivity contribution in [3.05, 3.63) is 94.5 Å². The topological polar surface area (TPSA) is 86.8 Å². The van der Waals surface area contributed by atoms with Gasteiger partial charge in [-0.2, -0.15) is 0 Å². The number of carbonyl (C=O) groups excluding carboxylic acids is 2. The number of nitrogens with one attached hydrogen (secondary N) is 1. The number of sulfonamides is 1. The molecular weight excluding hydrogens is 522 g/mol. The van der Waals surface area contributed by atoms with Gasteiger partial charge in [0.25, 0.3) is 10.0 Å². The maximum atomic E-state index is 14.0. The molecule has 0 heterocycles. The van der Waals surface area contributed by atoms with Crippen molar-refractivity contribution in [1.82, 2.24) is 10.2 Å². The number of nitrogens with zero attached hydrogens (tertiary/aromatic N) is 2. The van der Waals surface area contributed by atoms with Crippen LogP contribution in [0.4, 0.5) is 5.69 Å². The molecule has 0 spiro atoms. The standard InChI is InChI=1S/C29H34ClN3O4S/c1-5-23-9-7-8-10-27(23)33(38(36,37)25-17-11-21(3)12-18-25)20-28(34)32(26(6-2)29(35)31-4)19-22-13-15-24(30)16-14-22/h7-18,26H,5-6,19-20H2,1-4H3,(H,31,35)/t26-/m0/s1. The largest absolute Gasteiger partial charge is 0.357 e. The van der Waals surface area contributed by atoms with E-state index in [4.69, 9.17) is 11.6 Å². The Morgan fingerprint density at radius 1 is 0.947 bits per heavy atom. The van der Waals surface area contributed by atoms with Crippen LogP contribution in [0.2, 0.25) is 5.02 Å². The number of likely N-dealkylation sites (N-methyl/N-ethyl adjacent to an activating group) is 1. The average Bonchev–Trinajstić information content (AvgIpc) is 2.92. The van der Waals surface area contributed by atoms with Crippen LogP contribution in [0.5, 0.6) is 0 Å². The summed E-state index contributed by atoms with van der Waals surface area (Å²) in [6, 6.07) is 19.9. The van der Waals surface area contributed by atoms with E-state index in [1.54, 1.807) is 60.7 Å². The van der Waals surface area contributed by atoms with Gasteiger partial charge in [0.2, 0.25) is 11.8 Å². The van der Waals surface area contributed by atoms with Gasteiger partial charge in [-0.15, -0.1) is 0 Å². The second kappa shape index (κ2) is 12.9. The highest BCUT2D eigenvalue weighted by Crippen LogP contribution is 2.28. The molecule has 3 aromatic rings. The Balaban J connectivity index is 2.09. The molecule has 3 aromatic carbocycles. The second-order valence-electron chi connectivity index (χ2n) is 8.99. The molecule has 0 radical (unpaired) electrons. The molecule has 1 N–H and O–H groups in total. The van der Waals surface area contributed by atoms with E-state index in [9.17, 15) is 18.0 Å². The Kier molecular flexibility index (Phi) is 9.94. The van der Waals surface area contributed by atoms with E-state index >= 15 is 0 Å². The van der Waals surface area contributed by atoms with Crippen LogP contribution < -0.4 is 9.62 Å². The van der Waals surface area contributed by atoms with Crippen molar-refractivity contribution >= 4 is 39.1 Å². The van der Waals surface area contributed by atoms with Crippen LogP contribution in [0.25, 0.3) is 0 Å². The van der Waals surface area contributed by atoms with Gasteiger partial charge in [-0.3, -0.25) is 13.9 Å². The number of benzene rings is 3. The van der Waals surface area contributed by atoms with Crippen molar-refractivity contribution in [2.24, 2.45) is 0 Å². The molecule has 9 heteroatoms. The molecular formula is C29H34ClN3O4S. The SMILES string of the molecule is CCc1ccccc1N(CC(=O)N(Cc1ccc(Cl)cc1)[C@@H](CC)C(=O)NC)S(=O)(=O)c1ccc(C)cc1. The van der Waals surface area contributed by atoms with Crippen molar-refractivity contribution < 1.29 is 18.0 Å². The smallest absolute Gasteiger partial charge is 0.264 e. The fourth-order valence-corrected chi connectivity index (χ4v) is 5.85. The quantitative estimate of drug-likeness (QED) is 0.362. The molecule has 0 saturated carbocycles. The lowest BCUT2D eigenvalue weighted by molar-refractivity contribution is -0.140. The number of hydrogen-bond acceptors (Lipinski definition) is 4. The molecule has 0 unspecified atom stereocenters. The van der Waals surface area contributed by atoms with Gasteiger partial charge in [-0.1, -0.05) is 73.5 Å². The highest BCUT2D eigenvalue weighted by atomic mass is 35.5. The molecule has 7 nitrogen and oxygen atoms in total. The molecule has 0 aromatic heterocycles. The summed E-state index contributed by atoms with van der Waals surface area (Å²) in [6.07, 6.45) is 0.934. The van der Waals surface area contributed by atoms with Crippen LogP contribution in [-0.2, 0) is 32.6 Å². The van der Waals surface area contributed by atoms with Gasteiger partial charge < -0.3 is 10.2 Å². The van der Waals surface area contributed by atoms with E-state index in [2.05, 4.69) is 5.32 Å². The summed E-state index contributed by atoms with van der Waals surface area (Å²) >= 11 is 6.04. The molecule has 202 valence electrons. The van der Waals surface area contributed by atoms with Gasteiger partial charge in [0.15, 0.2) is 0 Å². The zero-order valence-corrected chi connectivity index (χ0v) is 23.7. The van der Waals surface area contributed by atoms with Crippen molar-refractivity contribution in [2.75, 3.05) is 17.9 Å². The number of amides is 2. The summed E-state index contributed by atoms with van der Waals surface area (Å²) in [7, 11) is -2.59. The molecule has 0 saturated heterocycles. The van der Waals surface area contributed by atoms with E-state index in [-0.39, 0.29) is 17.3 Å². The third kappa shape index (κ3) is 6.74. The van der Waals surface area contributed by atoms with Crippen LogP contribution in [-0.4, -0.2) is 44.8 Å². The van der Waals surface area contributed by atoms with E-state index in [1.807, 2.05) is 32.9 Å². The number of halogens is 1. The molecule has 0 aliphatic carbocycles. The molecule has 38 heavy (non-hydrogen) atoms. The van der Waals surface area contributed by atoms with Crippen LogP contribution in [0, 0.1) is 6.92 Å². The maximum Gasteiger partial charge on any atom is 0.264 e. The Bertz CT molecular complexity index is 1360. The van der Waals surface area contributed by atoms with Gasteiger partial charge >= 0.3 is 0 Å². The predicted octanol–water partition coefficient (Wildman–Crippen LogP) is 4.96. The number of rotatable bonds is 11. The minimum Gasteiger partial charge on any atom is -0.357 e. The maximum absolute atomic E-state index is 14.0.